The fraction of sp³-hybridized carbons (Fsp3) is 0.450. The summed E-state index contributed by atoms with van der Waals surface area (Å²) in [6, 6.07) is 4.21. The fourth-order valence-electron chi connectivity index (χ4n) is 3.40. The lowest BCUT2D eigenvalue weighted by Crippen LogP contribution is -2.44. The van der Waals surface area contributed by atoms with Crippen molar-refractivity contribution in [3.8, 4) is 0 Å². The summed E-state index contributed by atoms with van der Waals surface area (Å²) in [5.74, 6) is -0.480. The van der Waals surface area contributed by atoms with E-state index in [1.54, 1.807) is 31.0 Å². The minimum atomic E-state index is -0.479. The fourth-order valence-corrected chi connectivity index (χ4v) is 3.40. The first-order valence-corrected chi connectivity index (χ1v) is 9.37. The predicted molar refractivity (Wildman–Crippen MR) is 108 cm³/mol. The minimum absolute atomic E-state index is 0.0369. The predicted octanol–water partition coefficient (Wildman–Crippen LogP) is 1.66. The number of rotatable bonds is 8. The smallest absolute Gasteiger partial charge is 0.271 e. The second kappa shape index (κ2) is 9.31. The van der Waals surface area contributed by atoms with Gasteiger partial charge in [0.25, 0.3) is 11.6 Å². The molecule has 1 aromatic carbocycles. The van der Waals surface area contributed by atoms with Crippen molar-refractivity contribution in [1.29, 1.82) is 0 Å². The van der Waals surface area contributed by atoms with Crippen LogP contribution in [0.2, 0.25) is 0 Å². The zero-order valence-electron chi connectivity index (χ0n) is 17.0. The summed E-state index contributed by atoms with van der Waals surface area (Å²) in [5, 5.41) is 13.4. The van der Waals surface area contributed by atoms with Crippen LogP contribution < -0.4 is 10.2 Å². The van der Waals surface area contributed by atoms with Crippen molar-refractivity contribution in [1.82, 2.24) is 10.2 Å². The maximum Gasteiger partial charge on any atom is 0.271 e. The summed E-state index contributed by atoms with van der Waals surface area (Å²) in [5.41, 5.74) is 1.84. The minimum Gasteiger partial charge on any atom is -0.350 e. The molecular formula is C20H26N4O5. The van der Waals surface area contributed by atoms with Gasteiger partial charge in [0.05, 0.1) is 23.2 Å². The molecule has 29 heavy (non-hydrogen) atoms. The highest BCUT2D eigenvalue weighted by molar-refractivity contribution is 6.06. The molecule has 0 aromatic heterocycles. The van der Waals surface area contributed by atoms with E-state index in [0.717, 1.165) is 5.56 Å². The molecule has 1 aliphatic heterocycles. The van der Waals surface area contributed by atoms with E-state index in [0.29, 0.717) is 30.6 Å². The molecule has 1 N–H and O–H groups in total. The highest BCUT2D eigenvalue weighted by atomic mass is 16.6. The molecule has 0 saturated heterocycles. The van der Waals surface area contributed by atoms with Gasteiger partial charge < -0.3 is 15.1 Å². The SMILES string of the molecule is CC(=C[C@H](C(C)C)N(C)C(=O)CNC=O)C(=O)N1CCc2ccc([N+](=O)[O-])cc21. The molecule has 0 fully saturated rings. The summed E-state index contributed by atoms with van der Waals surface area (Å²) in [6.07, 6.45) is 2.83. The van der Waals surface area contributed by atoms with Gasteiger partial charge >= 0.3 is 0 Å². The van der Waals surface area contributed by atoms with E-state index >= 15 is 0 Å². The lowest BCUT2D eigenvalue weighted by atomic mass is 9.99. The van der Waals surface area contributed by atoms with E-state index in [1.807, 2.05) is 13.8 Å². The molecule has 0 spiro atoms. The summed E-state index contributed by atoms with van der Waals surface area (Å²) < 4.78 is 0. The Morgan fingerprint density at radius 3 is 2.66 bits per heavy atom. The summed E-state index contributed by atoms with van der Waals surface area (Å²) >= 11 is 0. The van der Waals surface area contributed by atoms with Gasteiger partial charge in [0.15, 0.2) is 0 Å². The maximum atomic E-state index is 13.0. The van der Waals surface area contributed by atoms with Crippen LogP contribution in [0.1, 0.15) is 26.3 Å². The maximum absolute atomic E-state index is 13.0. The molecule has 1 heterocycles. The average molecular weight is 402 g/mol. The van der Waals surface area contributed by atoms with Crippen molar-refractivity contribution in [3.63, 3.8) is 0 Å². The molecule has 0 saturated carbocycles. The molecule has 1 aliphatic rings. The third kappa shape index (κ3) is 4.98. The number of hydrogen-bond donors (Lipinski definition) is 1. The van der Waals surface area contributed by atoms with E-state index in [-0.39, 0.29) is 36.0 Å². The number of fused-ring (bicyclic) bond motifs is 1. The molecular weight excluding hydrogens is 376 g/mol. The number of benzene rings is 1. The second-order valence-corrected chi connectivity index (χ2v) is 7.36. The molecule has 0 bridgehead atoms. The van der Waals surface area contributed by atoms with Crippen LogP contribution in [-0.2, 0) is 20.8 Å². The van der Waals surface area contributed by atoms with Crippen molar-refractivity contribution < 1.29 is 19.3 Å². The molecule has 3 amide bonds. The van der Waals surface area contributed by atoms with Crippen LogP contribution in [0, 0.1) is 16.0 Å². The largest absolute Gasteiger partial charge is 0.350 e. The van der Waals surface area contributed by atoms with E-state index in [9.17, 15) is 24.5 Å². The Balaban J connectivity index is 2.25. The number of non-ortho nitro benzene ring substituents is 1. The number of hydrogen-bond acceptors (Lipinski definition) is 5. The van der Waals surface area contributed by atoms with Crippen LogP contribution in [0.25, 0.3) is 0 Å². The van der Waals surface area contributed by atoms with E-state index in [2.05, 4.69) is 5.32 Å². The van der Waals surface area contributed by atoms with Gasteiger partial charge in [-0.15, -0.1) is 0 Å². The number of carbonyl (C=O) groups is 3. The molecule has 9 heteroatoms. The zero-order chi connectivity index (χ0) is 21.7. The number of nitro benzene ring substituents is 1. The molecule has 0 aliphatic carbocycles. The molecule has 1 atom stereocenters. The first-order chi connectivity index (χ1) is 13.7. The monoisotopic (exact) mass is 402 g/mol. The summed E-state index contributed by atoms with van der Waals surface area (Å²) in [7, 11) is 1.63. The van der Waals surface area contributed by atoms with E-state index in [4.69, 9.17) is 0 Å². The number of nitro groups is 1. The van der Waals surface area contributed by atoms with Crippen LogP contribution in [0.3, 0.4) is 0 Å². The Hall–Kier alpha value is -3.23. The lowest BCUT2D eigenvalue weighted by Gasteiger charge is -2.30. The number of carbonyl (C=O) groups excluding carboxylic acids is 3. The van der Waals surface area contributed by atoms with Crippen LogP contribution in [0.4, 0.5) is 11.4 Å². The first-order valence-electron chi connectivity index (χ1n) is 9.37. The van der Waals surface area contributed by atoms with Gasteiger partial charge in [-0.3, -0.25) is 24.5 Å². The molecule has 0 unspecified atom stereocenters. The quantitative estimate of drug-likeness (QED) is 0.307. The third-order valence-corrected chi connectivity index (χ3v) is 5.04. The number of nitrogens with one attached hydrogen (secondary N) is 1. The molecule has 156 valence electrons. The lowest BCUT2D eigenvalue weighted by molar-refractivity contribution is -0.384. The number of anilines is 1. The Kier molecular flexibility index (Phi) is 7.08. The van der Waals surface area contributed by atoms with Gasteiger partial charge in [0.1, 0.15) is 0 Å². The van der Waals surface area contributed by atoms with E-state index in [1.165, 1.54) is 17.0 Å². The van der Waals surface area contributed by atoms with Gasteiger partial charge in [-0.05, 0) is 24.8 Å². The number of nitrogens with zero attached hydrogens (tertiary/aromatic N) is 3. The Morgan fingerprint density at radius 2 is 2.07 bits per heavy atom. The summed E-state index contributed by atoms with van der Waals surface area (Å²) in [4.78, 5) is 49.3. The number of amides is 3. The zero-order valence-corrected chi connectivity index (χ0v) is 17.0. The van der Waals surface area contributed by atoms with Crippen LogP contribution in [0.5, 0.6) is 0 Å². The van der Waals surface area contributed by atoms with Crippen molar-refractivity contribution >= 4 is 29.6 Å². The van der Waals surface area contributed by atoms with Crippen molar-refractivity contribution in [3.05, 3.63) is 45.5 Å². The highest BCUT2D eigenvalue weighted by Gasteiger charge is 2.29. The third-order valence-electron chi connectivity index (χ3n) is 5.04. The van der Waals surface area contributed by atoms with Crippen LogP contribution in [0.15, 0.2) is 29.8 Å². The Morgan fingerprint density at radius 1 is 1.38 bits per heavy atom. The Bertz CT molecular complexity index is 849. The highest BCUT2D eigenvalue weighted by Crippen LogP contribution is 2.32. The van der Waals surface area contributed by atoms with Gasteiger partial charge in [-0.1, -0.05) is 26.0 Å². The van der Waals surface area contributed by atoms with Gasteiger partial charge in [-0.25, -0.2) is 0 Å². The van der Waals surface area contributed by atoms with Crippen molar-refractivity contribution in [2.75, 3.05) is 25.0 Å². The van der Waals surface area contributed by atoms with E-state index < -0.39 is 4.92 Å². The van der Waals surface area contributed by atoms with Crippen molar-refractivity contribution in [2.45, 2.75) is 33.2 Å². The molecule has 1 aromatic rings. The second-order valence-electron chi connectivity index (χ2n) is 7.36. The van der Waals surface area contributed by atoms with Crippen LogP contribution >= 0.6 is 0 Å². The first kappa shape index (κ1) is 22.1. The molecule has 0 radical (unpaired) electrons. The normalized spacial score (nSPS) is 14.4. The average Bonchev–Trinajstić information content (AvgIpc) is 3.11. The topological polar surface area (TPSA) is 113 Å². The van der Waals surface area contributed by atoms with Gasteiger partial charge in [0.2, 0.25) is 12.3 Å². The summed E-state index contributed by atoms with van der Waals surface area (Å²) in [6.45, 7) is 5.88. The van der Waals surface area contributed by atoms with Crippen LogP contribution in [-0.4, -0.2) is 54.2 Å². The Labute approximate surface area is 169 Å². The molecule has 2 rings (SSSR count). The molecule has 9 nitrogen and oxygen atoms in total. The number of likely N-dealkylation sites (N-methyl/N-ethyl adjacent to an activating group) is 1. The van der Waals surface area contributed by atoms with Gasteiger partial charge in [0, 0.05) is 31.3 Å². The van der Waals surface area contributed by atoms with Crippen molar-refractivity contribution in [2.24, 2.45) is 5.92 Å². The standard InChI is InChI=1S/C20H26N4O5/c1-13(2)17(22(4)19(26)11-21-12-25)9-14(3)20(27)23-8-7-15-5-6-16(24(28)29)10-18(15)23/h5-6,9-10,12-13,17H,7-8,11H2,1-4H3,(H,21,25)/t17-/m1/s1. The van der Waals surface area contributed by atoms with Gasteiger partial charge in [-0.2, -0.15) is 0 Å².